The SMILES string of the molecule is [N-]=[N+]=NCc1cnn2ccn(CC3CC3)c12. The van der Waals surface area contributed by atoms with Crippen molar-refractivity contribution in [1.82, 2.24) is 14.2 Å². The minimum Gasteiger partial charge on any atom is -0.331 e. The molecule has 3 rings (SSSR count). The van der Waals surface area contributed by atoms with Gasteiger partial charge in [-0.2, -0.15) is 5.10 Å². The highest BCUT2D eigenvalue weighted by molar-refractivity contribution is 5.48. The van der Waals surface area contributed by atoms with Crippen LogP contribution in [0.25, 0.3) is 16.1 Å². The van der Waals surface area contributed by atoms with Crippen LogP contribution in [0.4, 0.5) is 0 Å². The molecule has 1 saturated carbocycles. The zero-order chi connectivity index (χ0) is 11.0. The first-order chi connectivity index (χ1) is 7.88. The standard InChI is InChI=1S/C10H12N6/c11-14-12-5-9-6-13-16-4-3-15(10(9)16)7-8-1-2-8/h3-4,6,8H,1-2,5,7H2. The second-order valence-corrected chi connectivity index (χ2v) is 4.22. The van der Waals surface area contributed by atoms with E-state index in [0.717, 1.165) is 23.7 Å². The number of nitrogens with zero attached hydrogens (tertiary/aromatic N) is 6. The summed E-state index contributed by atoms with van der Waals surface area (Å²) in [5, 5.41) is 7.83. The largest absolute Gasteiger partial charge is 0.331 e. The molecule has 0 saturated heterocycles. The molecule has 0 atom stereocenters. The van der Waals surface area contributed by atoms with Crippen molar-refractivity contribution in [3.05, 3.63) is 34.6 Å². The highest BCUT2D eigenvalue weighted by Crippen LogP contribution is 2.31. The van der Waals surface area contributed by atoms with Crippen LogP contribution >= 0.6 is 0 Å². The molecule has 1 aliphatic carbocycles. The summed E-state index contributed by atoms with van der Waals surface area (Å²) in [6.45, 7) is 1.42. The molecule has 1 aliphatic rings. The van der Waals surface area contributed by atoms with Crippen molar-refractivity contribution in [2.75, 3.05) is 0 Å². The first-order valence-electron chi connectivity index (χ1n) is 5.40. The van der Waals surface area contributed by atoms with E-state index in [2.05, 4.69) is 19.7 Å². The van der Waals surface area contributed by atoms with Crippen LogP contribution in [-0.4, -0.2) is 14.2 Å². The van der Waals surface area contributed by atoms with Crippen molar-refractivity contribution in [1.29, 1.82) is 0 Å². The van der Waals surface area contributed by atoms with E-state index >= 15 is 0 Å². The third-order valence-corrected chi connectivity index (χ3v) is 2.96. The summed E-state index contributed by atoms with van der Waals surface area (Å²) in [5.41, 5.74) is 10.4. The first kappa shape index (κ1) is 9.30. The van der Waals surface area contributed by atoms with Crippen LogP contribution in [0.2, 0.25) is 0 Å². The van der Waals surface area contributed by atoms with E-state index in [9.17, 15) is 0 Å². The fraction of sp³-hybridized carbons (Fsp3) is 0.500. The second kappa shape index (κ2) is 3.57. The number of fused-ring (bicyclic) bond motifs is 1. The summed E-state index contributed by atoms with van der Waals surface area (Å²) in [5.74, 6) is 0.818. The van der Waals surface area contributed by atoms with Gasteiger partial charge >= 0.3 is 0 Å². The maximum absolute atomic E-state index is 8.34. The van der Waals surface area contributed by atoms with Gasteiger partial charge in [-0.1, -0.05) is 5.11 Å². The van der Waals surface area contributed by atoms with Crippen LogP contribution in [0, 0.1) is 5.92 Å². The number of hydrogen-bond donors (Lipinski definition) is 0. The highest BCUT2D eigenvalue weighted by atomic mass is 15.3. The Hall–Kier alpha value is -1.94. The summed E-state index contributed by atoms with van der Waals surface area (Å²) in [6.07, 6.45) is 8.40. The molecule has 2 aromatic heterocycles. The van der Waals surface area contributed by atoms with E-state index in [1.807, 2.05) is 16.9 Å². The molecule has 0 spiro atoms. The van der Waals surface area contributed by atoms with E-state index in [1.54, 1.807) is 6.20 Å². The van der Waals surface area contributed by atoms with Crippen molar-refractivity contribution in [3.63, 3.8) is 0 Å². The lowest BCUT2D eigenvalue weighted by Crippen LogP contribution is -1.99. The van der Waals surface area contributed by atoms with Gasteiger partial charge < -0.3 is 4.57 Å². The van der Waals surface area contributed by atoms with Gasteiger partial charge in [-0.15, -0.1) is 0 Å². The predicted molar refractivity (Wildman–Crippen MR) is 58.8 cm³/mol. The number of azide groups is 1. The number of aromatic nitrogens is 3. The molecule has 16 heavy (non-hydrogen) atoms. The summed E-state index contributed by atoms with van der Waals surface area (Å²) in [6, 6.07) is 0. The molecule has 6 nitrogen and oxygen atoms in total. The molecule has 0 N–H and O–H groups in total. The predicted octanol–water partition coefficient (Wildman–Crippen LogP) is 2.36. The summed E-state index contributed by atoms with van der Waals surface area (Å²) < 4.78 is 4.04. The Morgan fingerprint density at radius 1 is 1.50 bits per heavy atom. The smallest absolute Gasteiger partial charge is 0.139 e. The van der Waals surface area contributed by atoms with Gasteiger partial charge in [0.1, 0.15) is 5.65 Å². The maximum Gasteiger partial charge on any atom is 0.139 e. The van der Waals surface area contributed by atoms with Crippen molar-refractivity contribution in [2.45, 2.75) is 25.9 Å². The summed E-state index contributed by atoms with van der Waals surface area (Å²) in [7, 11) is 0. The van der Waals surface area contributed by atoms with Crippen LogP contribution in [0.3, 0.4) is 0 Å². The van der Waals surface area contributed by atoms with E-state index in [-0.39, 0.29) is 0 Å². The zero-order valence-electron chi connectivity index (χ0n) is 8.82. The highest BCUT2D eigenvalue weighted by Gasteiger charge is 2.22. The van der Waals surface area contributed by atoms with E-state index < -0.39 is 0 Å². The topological polar surface area (TPSA) is 71.0 Å². The van der Waals surface area contributed by atoms with E-state index in [0.29, 0.717) is 6.54 Å². The molecule has 0 aromatic carbocycles. The second-order valence-electron chi connectivity index (χ2n) is 4.22. The van der Waals surface area contributed by atoms with Gasteiger partial charge in [0.05, 0.1) is 12.7 Å². The normalized spacial score (nSPS) is 15.2. The lowest BCUT2D eigenvalue weighted by Gasteiger charge is -2.02. The average molecular weight is 216 g/mol. The van der Waals surface area contributed by atoms with Crippen LogP contribution in [0.15, 0.2) is 23.7 Å². The van der Waals surface area contributed by atoms with Crippen molar-refractivity contribution < 1.29 is 0 Å². The Kier molecular flexibility index (Phi) is 2.08. The van der Waals surface area contributed by atoms with Gasteiger partial charge in [0.15, 0.2) is 0 Å². The van der Waals surface area contributed by atoms with E-state index in [4.69, 9.17) is 5.53 Å². The lowest BCUT2D eigenvalue weighted by atomic mass is 10.3. The van der Waals surface area contributed by atoms with Crippen LogP contribution < -0.4 is 0 Å². The Labute approximate surface area is 92.1 Å². The van der Waals surface area contributed by atoms with E-state index in [1.165, 1.54) is 12.8 Å². The van der Waals surface area contributed by atoms with Crippen LogP contribution in [0.1, 0.15) is 18.4 Å². The number of rotatable bonds is 4. The fourth-order valence-electron chi connectivity index (χ4n) is 1.98. The molecule has 6 heteroatoms. The molecule has 2 aromatic rings. The van der Waals surface area contributed by atoms with Crippen molar-refractivity contribution >= 4 is 5.65 Å². The van der Waals surface area contributed by atoms with Crippen molar-refractivity contribution in [2.24, 2.45) is 11.0 Å². The summed E-state index contributed by atoms with van der Waals surface area (Å²) in [4.78, 5) is 2.78. The number of imidazole rings is 1. The quantitative estimate of drug-likeness (QED) is 0.439. The Morgan fingerprint density at radius 3 is 3.12 bits per heavy atom. The average Bonchev–Trinajstić information content (AvgIpc) is 2.87. The Balaban J connectivity index is 1.99. The van der Waals surface area contributed by atoms with Crippen LogP contribution in [-0.2, 0) is 13.1 Å². The first-order valence-corrected chi connectivity index (χ1v) is 5.40. The molecule has 1 fully saturated rings. The maximum atomic E-state index is 8.34. The van der Waals surface area contributed by atoms with Gasteiger partial charge in [0.25, 0.3) is 0 Å². The number of hydrogen-bond acceptors (Lipinski definition) is 2. The van der Waals surface area contributed by atoms with Gasteiger partial charge in [-0.3, -0.25) is 0 Å². The lowest BCUT2D eigenvalue weighted by molar-refractivity contribution is 0.642. The monoisotopic (exact) mass is 216 g/mol. The molecule has 0 amide bonds. The third-order valence-electron chi connectivity index (χ3n) is 2.96. The minimum atomic E-state index is 0.370. The third kappa shape index (κ3) is 1.53. The van der Waals surface area contributed by atoms with Gasteiger partial charge in [0.2, 0.25) is 0 Å². The van der Waals surface area contributed by atoms with Crippen LogP contribution in [0.5, 0.6) is 0 Å². The zero-order valence-corrected chi connectivity index (χ0v) is 8.82. The summed E-state index contributed by atoms with van der Waals surface area (Å²) >= 11 is 0. The molecule has 0 unspecified atom stereocenters. The minimum absolute atomic E-state index is 0.370. The molecule has 0 radical (unpaired) electrons. The molecule has 0 bridgehead atoms. The molecular weight excluding hydrogens is 204 g/mol. The van der Waals surface area contributed by atoms with Gasteiger partial charge in [-0.25, -0.2) is 4.52 Å². The fourth-order valence-corrected chi connectivity index (χ4v) is 1.98. The van der Waals surface area contributed by atoms with Gasteiger partial charge in [0, 0.05) is 29.4 Å². The molecular formula is C10H12N6. The van der Waals surface area contributed by atoms with Gasteiger partial charge in [-0.05, 0) is 24.3 Å². The Bertz CT molecular complexity index is 555. The molecule has 0 aliphatic heterocycles. The Morgan fingerprint density at radius 2 is 2.38 bits per heavy atom. The molecule has 2 heterocycles. The molecule has 82 valence electrons. The van der Waals surface area contributed by atoms with Crippen molar-refractivity contribution in [3.8, 4) is 0 Å².